The Morgan fingerprint density at radius 1 is 1.11 bits per heavy atom. The normalized spacial score (nSPS) is 12.5. The highest BCUT2D eigenvalue weighted by Crippen LogP contribution is 2.29. The van der Waals surface area contributed by atoms with Gasteiger partial charge in [-0.1, -0.05) is 11.6 Å². The van der Waals surface area contributed by atoms with E-state index < -0.39 is 41.5 Å². The number of ether oxygens (including phenoxy) is 1. The first-order valence-electron chi connectivity index (χ1n) is 7.69. The number of rotatable bonds is 4. The maximum absolute atomic E-state index is 13.5. The fraction of sp³-hybridized carbons (Fsp3) is 0.111. The molecule has 0 fully saturated rings. The first-order valence-corrected chi connectivity index (χ1v) is 8.07. The first kappa shape index (κ1) is 18.8. The SMILES string of the molecule is O=C(CNC(=O)C1=Cc2cc(Cl)ccc2OC1)Nc1ccc(F)c(F)c1F. The van der Waals surface area contributed by atoms with Crippen LogP contribution in [0.2, 0.25) is 5.02 Å². The highest BCUT2D eigenvalue weighted by Gasteiger charge is 2.19. The third kappa shape index (κ3) is 4.22. The zero-order chi connectivity index (χ0) is 19.6. The Bertz CT molecular complexity index is 963. The third-order valence-electron chi connectivity index (χ3n) is 3.70. The summed E-state index contributed by atoms with van der Waals surface area (Å²) >= 11 is 5.90. The molecule has 3 rings (SSSR count). The highest BCUT2D eigenvalue weighted by molar-refractivity contribution is 6.30. The molecule has 27 heavy (non-hydrogen) atoms. The van der Waals surface area contributed by atoms with E-state index in [1.54, 1.807) is 24.3 Å². The van der Waals surface area contributed by atoms with Crippen LogP contribution >= 0.6 is 11.6 Å². The lowest BCUT2D eigenvalue weighted by atomic mass is 10.1. The van der Waals surface area contributed by atoms with Crippen molar-refractivity contribution in [2.75, 3.05) is 18.5 Å². The number of carbonyl (C=O) groups is 2. The van der Waals surface area contributed by atoms with Crippen LogP contribution in [0.5, 0.6) is 5.75 Å². The summed E-state index contributed by atoms with van der Waals surface area (Å²) in [6.45, 7) is -0.503. The quantitative estimate of drug-likeness (QED) is 0.779. The summed E-state index contributed by atoms with van der Waals surface area (Å²) in [5.74, 6) is -5.40. The minimum atomic E-state index is -1.70. The van der Waals surface area contributed by atoms with Crippen LogP contribution in [0.4, 0.5) is 18.9 Å². The average Bonchev–Trinajstić information content (AvgIpc) is 2.66. The van der Waals surface area contributed by atoms with Gasteiger partial charge in [-0.05, 0) is 36.4 Å². The lowest BCUT2D eigenvalue weighted by Crippen LogP contribution is -2.35. The molecule has 5 nitrogen and oxygen atoms in total. The zero-order valence-electron chi connectivity index (χ0n) is 13.6. The van der Waals surface area contributed by atoms with E-state index in [0.717, 1.165) is 6.07 Å². The van der Waals surface area contributed by atoms with Gasteiger partial charge in [0.25, 0.3) is 5.91 Å². The van der Waals surface area contributed by atoms with Gasteiger partial charge in [0, 0.05) is 10.6 Å². The summed E-state index contributed by atoms with van der Waals surface area (Å²) in [4.78, 5) is 24.0. The summed E-state index contributed by atoms with van der Waals surface area (Å²) in [6, 6.07) is 6.51. The lowest BCUT2D eigenvalue weighted by molar-refractivity contribution is -0.121. The van der Waals surface area contributed by atoms with Crippen LogP contribution in [0.1, 0.15) is 5.56 Å². The summed E-state index contributed by atoms with van der Waals surface area (Å²) in [5, 5.41) is 4.87. The second kappa shape index (κ2) is 7.71. The van der Waals surface area contributed by atoms with Crippen molar-refractivity contribution in [1.82, 2.24) is 5.32 Å². The maximum Gasteiger partial charge on any atom is 0.251 e. The van der Waals surface area contributed by atoms with Gasteiger partial charge in [-0.25, -0.2) is 13.2 Å². The molecule has 0 bridgehead atoms. The van der Waals surface area contributed by atoms with Crippen LogP contribution < -0.4 is 15.4 Å². The largest absolute Gasteiger partial charge is 0.488 e. The van der Waals surface area contributed by atoms with E-state index in [1.165, 1.54) is 0 Å². The molecule has 2 aromatic rings. The van der Waals surface area contributed by atoms with Crippen molar-refractivity contribution >= 4 is 35.2 Å². The van der Waals surface area contributed by atoms with Gasteiger partial charge in [-0.2, -0.15) is 0 Å². The van der Waals surface area contributed by atoms with Gasteiger partial charge in [-0.3, -0.25) is 9.59 Å². The molecule has 2 N–H and O–H groups in total. The topological polar surface area (TPSA) is 67.4 Å². The number of hydrogen-bond donors (Lipinski definition) is 2. The molecule has 0 spiro atoms. The fourth-order valence-electron chi connectivity index (χ4n) is 2.37. The number of nitrogens with one attached hydrogen (secondary N) is 2. The van der Waals surface area contributed by atoms with Gasteiger partial charge in [0.1, 0.15) is 12.4 Å². The van der Waals surface area contributed by atoms with Crippen LogP contribution in [0, 0.1) is 17.5 Å². The molecular weight excluding hydrogens is 385 g/mol. The molecule has 0 atom stereocenters. The van der Waals surface area contributed by atoms with Gasteiger partial charge in [0.2, 0.25) is 5.91 Å². The Kier molecular flexibility index (Phi) is 5.36. The second-order valence-corrected chi connectivity index (χ2v) is 6.03. The van der Waals surface area contributed by atoms with Crippen molar-refractivity contribution in [2.45, 2.75) is 0 Å². The van der Waals surface area contributed by atoms with Gasteiger partial charge >= 0.3 is 0 Å². The molecule has 1 aliphatic heterocycles. The predicted molar refractivity (Wildman–Crippen MR) is 92.9 cm³/mol. The molecule has 2 aromatic carbocycles. The van der Waals surface area contributed by atoms with Crippen LogP contribution in [-0.2, 0) is 9.59 Å². The van der Waals surface area contributed by atoms with E-state index in [9.17, 15) is 22.8 Å². The molecule has 0 unspecified atom stereocenters. The average molecular weight is 397 g/mol. The monoisotopic (exact) mass is 396 g/mol. The van der Waals surface area contributed by atoms with Gasteiger partial charge < -0.3 is 15.4 Å². The van der Waals surface area contributed by atoms with E-state index in [2.05, 4.69) is 10.6 Å². The van der Waals surface area contributed by atoms with E-state index in [-0.39, 0.29) is 12.2 Å². The van der Waals surface area contributed by atoms with Crippen molar-refractivity contribution < 1.29 is 27.5 Å². The van der Waals surface area contributed by atoms with Crippen molar-refractivity contribution in [3.05, 3.63) is 63.9 Å². The van der Waals surface area contributed by atoms with Crippen LogP contribution in [0.25, 0.3) is 6.08 Å². The second-order valence-electron chi connectivity index (χ2n) is 5.59. The number of hydrogen-bond acceptors (Lipinski definition) is 3. The molecule has 0 saturated carbocycles. The standard InChI is InChI=1S/C18H12ClF3N2O3/c19-11-1-4-14-9(6-11)5-10(8-27-14)18(26)23-7-15(25)24-13-3-2-12(20)16(21)17(13)22/h1-6H,7-8H2,(H,23,26)(H,24,25). The number of halogens is 4. The number of carbonyl (C=O) groups excluding carboxylic acids is 2. The Hall–Kier alpha value is -3.00. The van der Waals surface area contributed by atoms with Crippen LogP contribution in [0.15, 0.2) is 35.9 Å². The van der Waals surface area contributed by atoms with E-state index in [1.807, 2.05) is 0 Å². The van der Waals surface area contributed by atoms with Gasteiger partial charge in [0.15, 0.2) is 17.5 Å². The molecule has 2 amide bonds. The van der Waals surface area contributed by atoms with E-state index in [0.29, 0.717) is 22.4 Å². The molecule has 0 aromatic heterocycles. The van der Waals surface area contributed by atoms with Crippen molar-refractivity contribution in [3.8, 4) is 5.75 Å². The molecule has 140 valence electrons. The summed E-state index contributed by atoms with van der Waals surface area (Å²) < 4.78 is 45.0. The predicted octanol–water partition coefficient (Wildman–Crippen LogP) is 3.29. The van der Waals surface area contributed by atoms with Crippen molar-refractivity contribution in [2.24, 2.45) is 0 Å². The lowest BCUT2D eigenvalue weighted by Gasteiger charge is -2.17. The van der Waals surface area contributed by atoms with Crippen molar-refractivity contribution in [3.63, 3.8) is 0 Å². The Morgan fingerprint density at radius 3 is 2.67 bits per heavy atom. The maximum atomic E-state index is 13.5. The van der Waals surface area contributed by atoms with Crippen molar-refractivity contribution in [1.29, 1.82) is 0 Å². The first-order chi connectivity index (χ1) is 12.8. The minimum Gasteiger partial charge on any atom is -0.488 e. The highest BCUT2D eigenvalue weighted by atomic mass is 35.5. The van der Waals surface area contributed by atoms with Gasteiger partial charge in [0.05, 0.1) is 17.8 Å². The zero-order valence-corrected chi connectivity index (χ0v) is 14.4. The van der Waals surface area contributed by atoms with Gasteiger partial charge in [-0.15, -0.1) is 0 Å². The fourth-order valence-corrected chi connectivity index (χ4v) is 2.55. The number of anilines is 1. The molecule has 1 aliphatic rings. The minimum absolute atomic E-state index is 0.000113. The number of benzene rings is 2. The molecule has 0 radical (unpaired) electrons. The number of fused-ring (bicyclic) bond motifs is 1. The summed E-state index contributed by atoms with van der Waals surface area (Å²) in [7, 11) is 0. The molecular formula is C18H12ClF3N2O3. The number of amides is 2. The van der Waals surface area contributed by atoms with Crippen LogP contribution in [0.3, 0.4) is 0 Å². The third-order valence-corrected chi connectivity index (χ3v) is 3.93. The molecule has 1 heterocycles. The molecule has 9 heteroatoms. The summed E-state index contributed by atoms with van der Waals surface area (Å²) in [6.07, 6.45) is 1.58. The Morgan fingerprint density at radius 2 is 1.89 bits per heavy atom. The molecule has 0 aliphatic carbocycles. The summed E-state index contributed by atoms with van der Waals surface area (Å²) in [5.41, 5.74) is 0.348. The van der Waals surface area contributed by atoms with E-state index >= 15 is 0 Å². The smallest absolute Gasteiger partial charge is 0.251 e. The Labute approximate surface area is 156 Å². The Balaban J connectivity index is 1.61. The molecule has 0 saturated heterocycles. The van der Waals surface area contributed by atoms with E-state index in [4.69, 9.17) is 16.3 Å². The van der Waals surface area contributed by atoms with Crippen LogP contribution in [-0.4, -0.2) is 25.0 Å².